The van der Waals surface area contributed by atoms with E-state index >= 15 is 0 Å². The average Bonchev–Trinajstić information content (AvgIpc) is 2.16. The van der Waals surface area contributed by atoms with Crippen LogP contribution in [0.15, 0.2) is 24.3 Å². The van der Waals surface area contributed by atoms with E-state index in [2.05, 4.69) is 4.18 Å². The van der Waals surface area contributed by atoms with Crippen LogP contribution in [0.4, 0.5) is 13.2 Å². The quantitative estimate of drug-likeness (QED) is 0.666. The van der Waals surface area contributed by atoms with Gasteiger partial charge in [-0.25, -0.2) is 4.79 Å². The summed E-state index contributed by atoms with van der Waals surface area (Å²) >= 11 is 0. The van der Waals surface area contributed by atoms with Crippen molar-refractivity contribution in [1.82, 2.24) is 0 Å². The molecule has 0 radical (unpaired) electrons. The van der Waals surface area contributed by atoms with Crippen LogP contribution in [-0.4, -0.2) is 25.0 Å². The number of benzene rings is 1. The van der Waals surface area contributed by atoms with Crippen molar-refractivity contribution >= 4 is 16.1 Å². The van der Waals surface area contributed by atoms with Gasteiger partial charge < -0.3 is 9.29 Å². The molecule has 0 bridgehead atoms. The first kappa shape index (κ1) is 13.3. The minimum absolute atomic E-state index is 0.207. The normalized spacial score (nSPS) is 12.2. The Morgan fingerprint density at radius 2 is 1.65 bits per heavy atom. The van der Waals surface area contributed by atoms with E-state index in [1.54, 1.807) is 0 Å². The molecule has 5 nitrogen and oxygen atoms in total. The molecule has 0 spiro atoms. The molecule has 0 heterocycles. The maximum absolute atomic E-state index is 11.9. The molecule has 0 saturated heterocycles. The summed E-state index contributed by atoms with van der Waals surface area (Å²) in [6.45, 7) is 0. The number of rotatable bonds is 3. The number of carboxylic acids is 1. The third kappa shape index (κ3) is 3.09. The number of carbonyl (C=O) groups is 1. The second-order valence-corrected chi connectivity index (χ2v) is 4.35. The monoisotopic (exact) mass is 270 g/mol. The molecule has 1 N–H and O–H groups in total. The summed E-state index contributed by atoms with van der Waals surface area (Å²) in [5.41, 5.74) is -5.74. The predicted octanol–water partition coefficient (Wildman–Crippen LogP) is 1.61. The van der Waals surface area contributed by atoms with Crippen LogP contribution in [0.2, 0.25) is 0 Å². The maximum atomic E-state index is 11.9. The molecule has 1 aromatic carbocycles. The number of aromatic carboxylic acids is 1. The number of hydrogen-bond donors (Lipinski definition) is 1. The van der Waals surface area contributed by atoms with E-state index in [4.69, 9.17) is 5.11 Å². The highest BCUT2D eigenvalue weighted by molar-refractivity contribution is 7.87. The Kier molecular flexibility index (Phi) is 3.32. The largest absolute Gasteiger partial charge is 0.534 e. The molecule has 0 amide bonds. The molecule has 94 valence electrons. The highest BCUT2D eigenvalue weighted by Crippen LogP contribution is 2.26. The Morgan fingerprint density at radius 3 is 2.00 bits per heavy atom. The summed E-state index contributed by atoms with van der Waals surface area (Å²) in [6, 6.07) is 3.46. The van der Waals surface area contributed by atoms with Crippen molar-refractivity contribution in [3.8, 4) is 5.75 Å². The first-order valence-corrected chi connectivity index (χ1v) is 5.38. The lowest BCUT2D eigenvalue weighted by atomic mass is 10.2. The SMILES string of the molecule is O=C(O)c1ccc(OS(=O)(=O)C(F)(F)F)cc1. The summed E-state index contributed by atoms with van der Waals surface area (Å²) in [6.07, 6.45) is 0. The Balaban J connectivity index is 2.95. The van der Waals surface area contributed by atoms with Crippen LogP contribution in [0.1, 0.15) is 10.4 Å². The zero-order valence-electron chi connectivity index (χ0n) is 7.93. The van der Waals surface area contributed by atoms with Crippen LogP contribution >= 0.6 is 0 Å². The van der Waals surface area contributed by atoms with E-state index in [0.29, 0.717) is 0 Å². The topological polar surface area (TPSA) is 80.7 Å². The van der Waals surface area contributed by atoms with Crippen LogP contribution in [-0.2, 0) is 10.1 Å². The molecule has 17 heavy (non-hydrogen) atoms. The molecule has 0 aromatic heterocycles. The molecule has 0 aliphatic rings. The second kappa shape index (κ2) is 4.24. The van der Waals surface area contributed by atoms with Gasteiger partial charge in [-0.1, -0.05) is 0 Å². The number of carboxylic acid groups (broad SMARTS) is 1. The third-order valence-corrected chi connectivity index (χ3v) is 2.57. The minimum atomic E-state index is -5.73. The molecule has 1 aromatic rings. The molecule has 9 heteroatoms. The number of halogens is 3. The van der Waals surface area contributed by atoms with Gasteiger partial charge in [0.25, 0.3) is 0 Å². The van der Waals surface area contributed by atoms with Crippen molar-refractivity contribution in [3.63, 3.8) is 0 Å². The zero-order valence-corrected chi connectivity index (χ0v) is 8.75. The third-order valence-electron chi connectivity index (χ3n) is 1.59. The second-order valence-electron chi connectivity index (χ2n) is 2.81. The fourth-order valence-electron chi connectivity index (χ4n) is 0.827. The summed E-state index contributed by atoms with van der Waals surface area (Å²) < 4.78 is 60.7. The molecule has 1 rings (SSSR count). The predicted molar refractivity (Wildman–Crippen MR) is 49.0 cm³/mol. The highest BCUT2D eigenvalue weighted by Gasteiger charge is 2.48. The lowest BCUT2D eigenvalue weighted by Crippen LogP contribution is -2.28. The van der Waals surface area contributed by atoms with Crippen LogP contribution in [0.25, 0.3) is 0 Å². The van der Waals surface area contributed by atoms with Gasteiger partial charge in [-0.05, 0) is 24.3 Å². The van der Waals surface area contributed by atoms with E-state index in [1.807, 2.05) is 0 Å². The maximum Gasteiger partial charge on any atom is 0.534 e. The minimum Gasteiger partial charge on any atom is -0.478 e. The van der Waals surface area contributed by atoms with Gasteiger partial charge >= 0.3 is 21.6 Å². The van der Waals surface area contributed by atoms with E-state index < -0.39 is 27.3 Å². The van der Waals surface area contributed by atoms with E-state index in [0.717, 1.165) is 24.3 Å². The average molecular weight is 270 g/mol. The van der Waals surface area contributed by atoms with Crippen molar-refractivity contribution in [1.29, 1.82) is 0 Å². The van der Waals surface area contributed by atoms with Crippen molar-refractivity contribution in [2.75, 3.05) is 0 Å². The van der Waals surface area contributed by atoms with Crippen molar-refractivity contribution < 1.29 is 35.7 Å². The van der Waals surface area contributed by atoms with Gasteiger partial charge in [-0.2, -0.15) is 21.6 Å². The van der Waals surface area contributed by atoms with E-state index in [1.165, 1.54) is 0 Å². The Morgan fingerprint density at radius 1 is 1.18 bits per heavy atom. The fourth-order valence-corrected chi connectivity index (χ4v) is 1.29. The number of alkyl halides is 3. The van der Waals surface area contributed by atoms with Gasteiger partial charge in [0.05, 0.1) is 5.56 Å². The lowest BCUT2D eigenvalue weighted by molar-refractivity contribution is -0.0500. The molecule has 0 unspecified atom stereocenters. The first-order chi connectivity index (χ1) is 7.63. The van der Waals surface area contributed by atoms with Gasteiger partial charge in [0.2, 0.25) is 0 Å². The first-order valence-electron chi connectivity index (χ1n) is 3.97. The van der Waals surface area contributed by atoms with Crippen molar-refractivity contribution in [3.05, 3.63) is 29.8 Å². The summed E-state index contributed by atoms with van der Waals surface area (Å²) in [4.78, 5) is 10.4. The summed E-state index contributed by atoms with van der Waals surface area (Å²) in [7, 11) is -5.73. The van der Waals surface area contributed by atoms with Crippen LogP contribution in [0.3, 0.4) is 0 Å². The van der Waals surface area contributed by atoms with Gasteiger partial charge in [-0.15, -0.1) is 0 Å². The highest BCUT2D eigenvalue weighted by atomic mass is 32.2. The van der Waals surface area contributed by atoms with Crippen LogP contribution in [0.5, 0.6) is 5.75 Å². The Labute approximate surface area is 93.6 Å². The molecular weight excluding hydrogens is 265 g/mol. The smallest absolute Gasteiger partial charge is 0.478 e. The van der Waals surface area contributed by atoms with Gasteiger partial charge in [0.15, 0.2) is 0 Å². The molecule has 0 saturated carbocycles. The van der Waals surface area contributed by atoms with Crippen molar-refractivity contribution in [2.45, 2.75) is 5.51 Å². The molecule has 0 fully saturated rings. The molecule has 0 aliphatic heterocycles. The Hall–Kier alpha value is -1.77. The number of hydrogen-bond acceptors (Lipinski definition) is 4. The fraction of sp³-hybridized carbons (Fsp3) is 0.125. The molecular formula is C8H5F3O5S. The Bertz CT molecular complexity index is 517. The molecule has 0 aliphatic carbocycles. The van der Waals surface area contributed by atoms with Crippen LogP contribution < -0.4 is 4.18 Å². The standard InChI is InChI=1S/C8H5F3O5S/c9-8(10,11)17(14,15)16-6-3-1-5(2-4-6)7(12)13/h1-4H,(H,12,13). The summed E-state index contributed by atoms with van der Waals surface area (Å²) in [5, 5.41) is 8.50. The van der Waals surface area contributed by atoms with E-state index in [-0.39, 0.29) is 5.56 Å². The zero-order chi connectivity index (χ0) is 13.3. The van der Waals surface area contributed by atoms with Gasteiger partial charge in [0, 0.05) is 0 Å². The molecule has 0 atom stereocenters. The lowest BCUT2D eigenvalue weighted by Gasteiger charge is -2.09. The summed E-state index contributed by atoms with van der Waals surface area (Å²) in [5.74, 6) is -1.91. The van der Waals surface area contributed by atoms with Gasteiger partial charge in [0.1, 0.15) is 5.75 Å². The van der Waals surface area contributed by atoms with Crippen LogP contribution in [0, 0.1) is 0 Å². The van der Waals surface area contributed by atoms with Gasteiger partial charge in [-0.3, -0.25) is 0 Å². The van der Waals surface area contributed by atoms with Crippen molar-refractivity contribution in [2.24, 2.45) is 0 Å². The van der Waals surface area contributed by atoms with E-state index in [9.17, 15) is 26.4 Å².